The molecule has 0 aliphatic heterocycles. The van der Waals surface area contributed by atoms with Crippen LogP contribution in [0.25, 0.3) is 0 Å². The molecule has 0 saturated heterocycles. The number of nitrogens with one attached hydrogen (secondary N) is 1. The first-order chi connectivity index (χ1) is 8.34. The van der Waals surface area contributed by atoms with E-state index in [2.05, 4.69) is 19.2 Å². The van der Waals surface area contributed by atoms with Gasteiger partial charge in [-0.2, -0.15) is 0 Å². The highest BCUT2D eigenvalue weighted by atomic mass is 16.4. The summed E-state index contributed by atoms with van der Waals surface area (Å²) in [7, 11) is 0. The Labute approximate surface area is 111 Å². The predicted molar refractivity (Wildman–Crippen MR) is 74.6 cm³/mol. The zero-order chi connectivity index (χ0) is 13.8. The second kappa shape index (κ2) is 6.55. The third kappa shape index (κ3) is 4.27. The van der Waals surface area contributed by atoms with Crippen molar-refractivity contribution >= 4 is 5.97 Å². The third-order valence-electron chi connectivity index (χ3n) is 4.62. The molecule has 0 heterocycles. The molecular formula is C15H29NO2. The molecule has 0 radical (unpaired) electrons. The summed E-state index contributed by atoms with van der Waals surface area (Å²) in [5, 5.41) is 12.6. The number of carbonyl (C=O) groups is 1. The van der Waals surface area contributed by atoms with Crippen LogP contribution in [0.3, 0.4) is 0 Å². The second-order valence-electron chi connectivity index (χ2n) is 6.61. The number of hydrogen-bond acceptors (Lipinski definition) is 2. The Morgan fingerprint density at radius 1 is 1.39 bits per heavy atom. The summed E-state index contributed by atoms with van der Waals surface area (Å²) in [5.74, 6) is 0.850. The summed E-state index contributed by atoms with van der Waals surface area (Å²) >= 11 is 0. The van der Waals surface area contributed by atoms with Crippen LogP contribution in [0.15, 0.2) is 0 Å². The quantitative estimate of drug-likeness (QED) is 0.765. The Morgan fingerprint density at radius 2 is 2.00 bits per heavy atom. The molecule has 3 heteroatoms. The van der Waals surface area contributed by atoms with Gasteiger partial charge in [0.15, 0.2) is 0 Å². The zero-order valence-electron chi connectivity index (χ0n) is 12.3. The topological polar surface area (TPSA) is 49.3 Å². The minimum atomic E-state index is -0.706. The fourth-order valence-corrected chi connectivity index (χ4v) is 2.96. The summed E-state index contributed by atoms with van der Waals surface area (Å²) in [6, 6.07) is 0.505. The van der Waals surface area contributed by atoms with Crippen molar-refractivity contribution in [2.75, 3.05) is 6.54 Å². The molecule has 0 spiro atoms. The number of carboxylic acids is 1. The lowest BCUT2D eigenvalue weighted by Gasteiger charge is -2.34. The van der Waals surface area contributed by atoms with E-state index in [-0.39, 0.29) is 0 Å². The van der Waals surface area contributed by atoms with Gasteiger partial charge >= 0.3 is 5.97 Å². The average molecular weight is 255 g/mol. The average Bonchev–Trinajstić information content (AvgIpc) is 2.29. The van der Waals surface area contributed by atoms with Gasteiger partial charge < -0.3 is 10.4 Å². The first-order valence-corrected chi connectivity index (χ1v) is 7.31. The maximum Gasteiger partial charge on any atom is 0.309 e. The van der Waals surface area contributed by atoms with Crippen LogP contribution in [0.5, 0.6) is 0 Å². The molecule has 1 fully saturated rings. The minimum Gasteiger partial charge on any atom is -0.481 e. The van der Waals surface area contributed by atoms with Crippen LogP contribution in [-0.4, -0.2) is 23.7 Å². The first kappa shape index (κ1) is 15.5. The Balaban J connectivity index is 2.32. The minimum absolute atomic E-state index is 0.505. The molecular weight excluding hydrogens is 226 g/mol. The largest absolute Gasteiger partial charge is 0.481 e. The summed E-state index contributed by atoms with van der Waals surface area (Å²) < 4.78 is 0. The highest BCUT2D eigenvalue weighted by molar-refractivity contribution is 5.73. The van der Waals surface area contributed by atoms with E-state index in [4.69, 9.17) is 5.11 Å². The Hall–Kier alpha value is -0.570. The molecule has 0 bridgehead atoms. The fourth-order valence-electron chi connectivity index (χ4n) is 2.96. The molecule has 2 N–H and O–H groups in total. The standard InChI is InChI=1S/C15H29NO2/c1-11-7-5-6-8-13(11)12(2)16-10-9-15(3,4)14(17)18/h11-13,16H,5-10H2,1-4H3,(H,17,18). The van der Waals surface area contributed by atoms with Crippen LogP contribution in [0.4, 0.5) is 0 Å². The van der Waals surface area contributed by atoms with Gasteiger partial charge in [0.05, 0.1) is 5.41 Å². The summed E-state index contributed by atoms with van der Waals surface area (Å²) in [6.45, 7) is 8.99. The van der Waals surface area contributed by atoms with Gasteiger partial charge in [-0.3, -0.25) is 4.79 Å². The van der Waals surface area contributed by atoms with Gasteiger partial charge in [0, 0.05) is 6.04 Å². The van der Waals surface area contributed by atoms with E-state index in [0.717, 1.165) is 18.4 Å². The van der Waals surface area contributed by atoms with E-state index in [0.29, 0.717) is 12.5 Å². The normalized spacial score (nSPS) is 26.9. The van der Waals surface area contributed by atoms with Crippen molar-refractivity contribution in [3.05, 3.63) is 0 Å². The molecule has 18 heavy (non-hydrogen) atoms. The lowest BCUT2D eigenvalue weighted by molar-refractivity contribution is -0.147. The number of carboxylic acid groups (broad SMARTS) is 1. The molecule has 0 amide bonds. The van der Waals surface area contributed by atoms with Gasteiger partial charge in [-0.15, -0.1) is 0 Å². The van der Waals surface area contributed by atoms with E-state index < -0.39 is 11.4 Å². The number of rotatable bonds is 6. The molecule has 106 valence electrons. The maximum atomic E-state index is 11.0. The van der Waals surface area contributed by atoms with Crippen molar-refractivity contribution in [2.45, 2.75) is 65.8 Å². The monoisotopic (exact) mass is 255 g/mol. The van der Waals surface area contributed by atoms with Gasteiger partial charge in [0.1, 0.15) is 0 Å². The molecule has 0 aromatic heterocycles. The van der Waals surface area contributed by atoms with Crippen molar-refractivity contribution in [3.8, 4) is 0 Å². The smallest absolute Gasteiger partial charge is 0.309 e. The predicted octanol–water partition coefficient (Wildman–Crippen LogP) is 3.29. The Bertz CT molecular complexity index is 276. The van der Waals surface area contributed by atoms with Crippen molar-refractivity contribution in [1.82, 2.24) is 5.32 Å². The van der Waals surface area contributed by atoms with Crippen LogP contribution < -0.4 is 5.32 Å². The van der Waals surface area contributed by atoms with Gasteiger partial charge in [-0.1, -0.05) is 26.2 Å². The van der Waals surface area contributed by atoms with E-state index in [9.17, 15) is 4.79 Å². The van der Waals surface area contributed by atoms with E-state index in [1.807, 2.05) is 0 Å². The maximum absolute atomic E-state index is 11.0. The van der Waals surface area contributed by atoms with E-state index in [1.165, 1.54) is 25.7 Å². The van der Waals surface area contributed by atoms with Crippen molar-refractivity contribution < 1.29 is 9.90 Å². The summed E-state index contributed by atoms with van der Waals surface area (Å²) in [5.41, 5.74) is -0.620. The lowest BCUT2D eigenvalue weighted by atomic mass is 9.76. The Morgan fingerprint density at radius 3 is 2.56 bits per heavy atom. The van der Waals surface area contributed by atoms with Crippen molar-refractivity contribution in [1.29, 1.82) is 0 Å². The number of aliphatic carboxylic acids is 1. The Kier molecular flexibility index (Phi) is 5.64. The first-order valence-electron chi connectivity index (χ1n) is 7.31. The molecule has 3 unspecified atom stereocenters. The zero-order valence-corrected chi connectivity index (χ0v) is 12.3. The summed E-state index contributed by atoms with van der Waals surface area (Å²) in [4.78, 5) is 11.0. The molecule has 1 aliphatic carbocycles. The molecule has 3 atom stereocenters. The highest BCUT2D eigenvalue weighted by Gasteiger charge is 2.29. The van der Waals surface area contributed by atoms with Crippen molar-refractivity contribution in [3.63, 3.8) is 0 Å². The molecule has 0 aromatic rings. The SMILES string of the molecule is CC1CCCCC1C(C)NCCC(C)(C)C(=O)O. The molecule has 1 rings (SSSR count). The van der Waals surface area contributed by atoms with Gasteiger partial charge in [0.25, 0.3) is 0 Å². The van der Waals surface area contributed by atoms with Crippen LogP contribution in [-0.2, 0) is 4.79 Å². The lowest BCUT2D eigenvalue weighted by Crippen LogP contribution is -2.40. The molecule has 1 saturated carbocycles. The third-order valence-corrected chi connectivity index (χ3v) is 4.62. The molecule has 0 aromatic carbocycles. The van der Waals surface area contributed by atoms with E-state index in [1.54, 1.807) is 13.8 Å². The van der Waals surface area contributed by atoms with Gasteiger partial charge in [-0.25, -0.2) is 0 Å². The second-order valence-corrected chi connectivity index (χ2v) is 6.61. The fraction of sp³-hybridized carbons (Fsp3) is 0.933. The summed E-state index contributed by atoms with van der Waals surface area (Å²) in [6.07, 6.45) is 6.07. The van der Waals surface area contributed by atoms with Crippen LogP contribution >= 0.6 is 0 Å². The van der Waals surface area contributed by atoms with Crippen LogP contribution in [0.1, 0.15) is 59.8 Å². The van der Waals surface area contributed by atoms with Gasteiger partial charge in [0.2, 0.25) is 0 Å². The van der Waals surface area contributed by atoms with Gasteiger partial charge in [-0.05, 0) is 52.0 Å². The van der Waals surface area contributed by atoms with Crippen LogP contribution in [0.2, 0.25) is 0 Å². The molecule has 1 aliphatic rings. The number of hydrogen-bond donors (Lipinski definition) is 2. The molecule has 3 nitrogen and oxygen atoms in total. The van der Waals surface area contributed by atoms with Crippen molar-refractivity contribution in [2.24, 2.45) is 17.3 Å². The van der Waals surface area contributed by atoms with Crippen LogP contribution in [0, 0.1) is 17.3 Å². The van der Waals surface area contributed by atoms with E-state index >= 15 is 0 Å². The highest BCUT2D eigenvalue weighted by Crippen LogP contribution is 2.32.